The van der Waals surface area contributed by atoms with Crippen LogP contribution in [0.1, 0.15) is 26.7 Å². The van der Waals surface area contributed by atoms with Gasteiger partial charge in [-0.25, -0.2) is 0 Å². The van der Waals surface area contributed by atoms with E-state index in [2.05, 4.69) is 14.4 Å². The molecule has 1 heterocycles. The van der Waals surface area contributed by atoms with Gasteiger partial charge in [0.15, 0.2) is 0 Å². The Kier molecular flexibility index (Phi) is 7.87. The summed E-state index contributed by atoms with van der Waals surface area (Å²) in [5.74, 6) is 0. The molecule has 1 N–H and O–H groups in total. The molecule has 0 aromatic heterocycles. The highest BCUT2D eigenvalue weighted by atomic mass is 31.0. The Hall–Kier alpha value is 0.310. The molecule has 1 aliphatic heterocycles. The highest BCUT2D eigenvalue weighted by molar-refractivity contribution is 7.09. The molecule has 3 nitrogen and oxygen atoms in total. The number of aliphatic hydroxyl groups is 1. The molecule has 1 fully saturated rings. The number of likely N-dealkylation sites (N-methyl/N-ethyl adjacent to an activating group) is 1. The number of likely N-dealkylation sites (tertiary alicyclic amines) is 1. The van der Waals surface area contributed by atoms with Gasteiger partial charge in [0.05, 0.1) is 12.7 Å². The molecule has 4 heteroatoms. The van der Waals surface area contributed by atoms with Crippen LogP contribution in [0.25, 0.3) is 0 Å². The van der Waals surface area contributed by atoms with Gasteiger partial charge in [0.1, 0.15) is 0 Å². The van der Waals surface area contributed by atoms with Gasteiger partial charge in [0.25, 0.3) is 0 Å². The molecule has 0 saturated carbocycles. The molecule has 13 heavy (non-hydrogen) atoms. The summed E-state index contributed by atoms with van der Waals surface area (Å²) in [6.07, 6.45) is 1.95. The number of hydrogen-bond acceptors (Lipinski definition) is 3. The summed E-state index contributed by atoms with van der Waals surface area (Å²) >= 11 is 0. The lowest BCUT2D eigenvalue weighted by Gasteiger charge is -2.24. The van der Waals surface area contributed by atoms with Crippen LogP contribution < -0.4 is 0 Å². The fraction of sp³-hybridized carbons (Fsp3) is 1.00. The third kappa shape index (κ3) is 4.37. The van der Waals surface area contributed by atoms with Gasteiger partial charge >= 0.3 is 0 Å². The molecule has 80 valence electrons. The Balaban J connectivity index is 0.000000671. The van der Waals surface area contributed by atoms with E-state index in [0.717, 1.165) is 13.0 Å². The lowest BCUT2D eigenvalue weighted by molar-refractivity contribution is 0.0502. The van der Waals surface area contributed by atoms with Crippen molar-refractivity contribution in [1.82, 2.24) is 4.90 Å². The maximum atomic E-state index is 9.54. The minimum Gasteiger partial charge on any atom is -0.389 e. The Morgan fingerprint density at radius 2 is 2.23 bits per heavy atom. The second kappa shape index (κ2) is 7.69. The zero-order valence-electron chi connectivity index (χ0n) is 8.86. The topological polar surface area (TPSA) is 32.7 Å². The van der Waals surface area contributed by atoms with E-state index < -0.39 is 0 Å². The molecule has 1 saturated heterocycles. The summed E-state index contributed by atoms with van der Waals surface area (Å²) in [6, 6.07) is 0.301. The summed E-state index contributed by atoms with van der Waals surface area (Å²) in [7, 11) is 4.21. The van der Waals surface area contributed by atoms with Gasteiger partial charge in [-0.1, -0.05) is 13.8 Å². The Morgan fingerprint density at radius 1 is 1.62 bits per heavy atom. The van der Waals surface area contributed by atoms with Gasteiger partial charge < -0.3 is 14.5 Å². The highest BCUT2D eigenvalue weighted by Gasteiger charge is 2.27. The van der Waals surface area contributed by atoms with Crippen LogP contribution in [0.3, 0.4) is 0 Å². The molecular weight excluding hydrogens is 185 g/mol. The van der Waals surface area contributed by atoms with Gasteiger partial charge in [-0.05, 0) is 26.4 Å². The average molecular weight is 207 g/mol. The fourth-order valence-electron chi connectivity index (χ4n) is 1.63. The van der Waals surface area contributed by atoms with Crippen molar-refractivity contribution in [3.05, 3.63) is 0 Å². The predicted molar refractivity (Wildman–Crippen MR) is 58.7 cm³/mol. The standard InChI is InChI=1S/C7H16NO2P.C2H6/c1-8-4-2-3-6(8)7(9)5-10-11;1-2/h6-7,9H,2-5,11H2,1H3;1-2H3. The molecule has 0 radical (unpaired) electrons. The third-order valence-corrected chi connectivity index (χ3v) is 2.48. The lowest BCUT2D eigenvalue weighted by Crippen LogP contribution is -2.38. The zero-order chi connectivity index (χ0) is 10.3. The Labute approximate surface area is 83.7 Å². The molecular formula is C9H22NO2P. The van der Waals surface area contributed by atoms with Crippen molar-refractivity contribution in [3.8, 4) is 0 Å². The van der Waals surface area contributed by atoms with E-state index in [-0.39, 0.29) is 6.10 Å². The zero-order valence-corrected chi connectivity index (χ0v) is 10.0. The van der Waals surface area contributed by atoms with Crippen molar-refractivity contribution >= 4 is 9.47 Å². The molecule has 0 bridgehead atoms. The van der Waals surface area contributed by atoms with E-state index in [1.807, 2.05) is 20.9 Å². The van der Waals surface area contributed by atoms with Crippen molar-refractivity contribution in [2.24, 2.45) is 0 Å². The molecule has 1 aliphatic rings. The fourth-order valence-corrected chi connectivity index (χ4v) is 1.83. The summed E-state index contributed by atoms with van der Waals surface area (Å²) in [6.45, 7) is 5.51. The van der Waals surface area contributed by atoms with E-state index in [1.54, 1.807) is 0 Å². The van der Waals surface area contributed by atoms with E-state index in [9.17, 15) is 5.11 Å². The number of nitrogens with zero attached hydrogens (tertiary/aromatic N) is 1. The second-order valence-corrected chi connectivity index (χ2v) is 3.42. The quantitative estimate of drug-likeness (QED) is 0.707. The maximum absolute atomic E-state index is 9.54. The van der Waals surface area contributed by atoms with Crippen LogP contribution in [0, 0.1) is 0 Å². The first-order valence-electron chi connectivity index (χ1n) is 4.95. The van der Waals surface area contributed by atoms with Crippen molar-refractivity contribution in [3.63, 3.8) is 0 Å². The third-order valence-electron chi connectivity index (χ3n) is 2.29. The van der Waals surface area contributed by atoms with Crippen LogP contribution in [0.15, 0.2) is 0 Å². The minimum absolute atomic E-state index is 0.301. The predicted octanol–water partition coefficient (Wildman–Crippen LogP) is 1.27. The smallest absolute Gasteiger partial charge is 0.0931 e. The first kappa shape index (κ1) is 13.3. The average Bonchev–Trinajstić information content (AvgIpc) is 2.55. The SMILES string of the molecule is CC.CN1CCCC1C(O)COP. The molecule has 0 aromatic rings. The summed E-state index contributed by atoms with van der Waals surface area (Å²) < 4.78 is 4.80. The molecule has 3 atom stereocenters. The summed E-state index contributed by atoms with van der Waals surface area (Å²) in [4.78, 5) is 2.19. The lowest BCUT2D eigenvalue weighted by atomic mass is 10.1. The molecule has 0 amide bonds. The van der Waals surface area contributed by atoms with Gasteiger partial charge in [0.2, 0.25) is 0 Å². The van der Waals surface area contributed by atoms with Crippen LogP contribution >= 0.6 is 9.47 Å². The first-order chi connectivity index (χ1) is 6.25. The van der Waals surface area contributed by atoms with Crippen molar-refractivity contribution in [2.45, 2.75) is 38.8 Å². The van der Waals surface area contributed by atoms with Crippen LogP contribution in [0.4, 0.5) is 0 Å². The maximum Gasteiger partial charge on any atom is 0.0931 e. The second-order valence-electron chi connectivity index (χ2n) is 3.09. The largest absolute Gasteiger partial charge is 0.389 e. The van der Waals surface area contributed by atoms with Crippen molar-refractivity contribution in [1.29, 1.82) is 0 Å². The monoisotopic (exact) mass is 207 g/mol. The van der Waals surface area contributed by atoms with E-state index in [4.69, 9.17) is 4.52 Å². The number of rotatable bonds is 3. The van der Waals surface area contributed by atoms with Crippen LogP contribution in [-0.2, 0) is 4.52 Å². The van der Waals surface area contributed by atoms with Crippen LogP contribution in [-0.4, -0.2) is 42.4 Å². The molecule has 0 aromatic carbocycles. The Morgan fingerprint density at radius 3 is 2.62 bits per heavy atom. The van der Waals surface area contributed by atoms with Gasteiger partial charge in [-0.2, -0.15) is 0 Å². The minimum atomic E-state index is -0.333. The van der Waals surface area contributed by atoms with Gasteiger partial charge in [-0.15, -0.1) is 0 Å². The van der Waals surface area contributed by atoms with Gasteiger partial charge in [0, 0.05) is 15.5 Å². The molecule has 0 aliphatic carbocycles. The molecule has 0 spiro atoms. The Bertz CT molecular complexity index is 124. The van der Waals surface area contributed by atoms with E-state index >= 15 is 0 Å². The van der Waals surface area contributed by atoms with Crippen molar-refractivity contribution in [2.75, 3.05) is 20.2 Å². The number of hydrogen-bond donors (Lipinski definition) is 1. The van der Waals surface area contributed by atoms with E-state index in [1.165, 1.54) is 6.42 Å². The summed E-state index contributed by atoms with van der Waals surface area (Å²) in [5, 5.41) is 9.54. The molecule has 1 rings (SSSR count). The summed E-state index contributed by atoms with van der Waals surface area (Å²) in [5.41, 5.74) is 0. The highest BCUT2D eigenvalue weighted by Crippen LogP contribution is 2.18. The first-order valence-corrected chi connectivity index (χ1v) is 5.43. The van der Waals surface area contributed by atoms with E-state index in [0.29, 0.717) is 12.6 Å². The number of aliphatic hydroxyl groups excluding tert-OH is 1. The normalized spacial score (nSPS) is 25.2. The van der Waals surface area contributed by atoms with Gasteiger partial charge in [-0.3, -0.25) is 0 Å². The molecule has 3 unspecified atom stereocenters. The van der Waals surface area contributed by atoms with Crippen LogP contribution in [0.5, 0.6) is 0 Å². The van der Waals surface area contributed by atoms with Crippen molar-refractivity contribution < 1.29 is 9.63 Å². The van der Waals surface area contributed by atoms with Crippen LogP contribution in [0.2, 0.25) is 0 Å².